The SMILES string of the molecule is CC(O)c1nc2cnc3ccsc3c2n1[C@H]1CC[CH]OC1. The second kappa shape index (κ2) is 5.05. The second-order valence-corrected chi connectivity index (χ2v) is 6.29. The quantitative estimate of drug-likeness (QED) is 0.789. The zero-order chi connectivity index (χ0) is 14.4. The van der Waals surface area contributed by atoms with Crippen molar-refractivity contribution in [3.05, 3.63) is 30.1 Å². The lowest BCUT2D eigenvalue weighted by Gasteiger charge is -2.26. The van der Waals surface area contributed by atoms with Gasteiger partial charge in [0.25, 0.3) is 0 Å². The molecule has 1 fully saturated rings. The standard InChI is InChI=1S/C15H16N3O2S/c1-9(19)15-17-12-7-16-11-4-6-21-14(11)13(12)18(15)10-3-2-5-20-8-10/h4-7,9-10,19H,2-3,8H2,1H3/t9?,10-/m0/s1. The van der Waals surface area contributed by atoms with Crippen LogP contribution in [-0.2, 0) is 4.74 Å². The molecule has 0 aliphatic carbocycles. The van der Waals surface area contributed by atoms with Crippen LogP contribution in [0.5, 0.6) is 0 Å². The van der Waals surface area contributed by atoms with Crippen molar-refractivity contribution in [1.29, 1.82) is 0 Å². The molecule has 3 aromatic rings. The van der Waals surface area contributed by atoms with Crippen LogP contribution in [0.2, 0.25) is 0 Å². The average Bonchev–Trinajstić information content (AvgIpc) is 3.11. The van der Waals surface area contributed by atoms with E-state index in [1.807, 2.05) is 18.1 Å². The lowest BCUT2D eigenvalue weighted by molar-refractivity contribution is 0.103. The van der Waals surface area contributed by atoms with Crippen LogP contribution < -0.4 is 0 Å². The highest BCUT2D eigenvalue weighted by atomic mass is 32.1. The number of aliphatic hydroxyl groups excluding tert-OH is 1. The molecule has 5 nitrogen and oxygen atoms in total. The van der Waals surface area contributed by atoms with E-state index in [2.05, 4.69) is 14.5 Å². The molecule has 6 heteroatoms. The smallest absolute Gasteiger partial charge is 0.139 e. The Bertz CT molecular complexity index is 787. The Labute approximate surface area is 126 Å². The van der Waals surface area contributed by atoms with Crippen LogP contribution in [0.3, 0.4) is 0 Å². The van der Waals surface area contributed by atoms with E-state index < -0.39 is 6.10 Å². The first-order chi connectivity index (χ1) is 10.3. The predicted octanol–water partition coefficient (Wildman–Crippen LogP) is 3.21. The van der Waals surface area contributed by atoms with E-state index in [4.69, 9.17) is 4.74 Å². The molecule has 0 saturated carbocycles. The van der Waals surface area contributed by atoms with Crippen LogP contribution in [0.1, 0.15) is 37.7 Å². The average molecular weight is 302 g/mol. The molecule has 109 valence electrons. The van der Waals surface area contributed by atoms with Crippen LogP contribution in [0.4, 0.5) is 0 Å². The number of ether oxygens (including phenoxy) is 1. The number of aromatic nitrogens is 3. The fraction of sp³-hybridized carbons (Fsp3) is 0.400. The summed E-state index contributed by atoms with van der Waals surface area (Å²) in [6.07, 6.45) is 3.10. The van der Waals surface area contributed by atoms with Gasteiger partial charge in [0.05, 0.1) is 41.2 Å². The van der Waals surface area contributed by atoms with Gasteiger partial charge in [-0.15, -0.1) is 11.3 Å². The van der Waals surface area contributed by atoms with Gasteiger partial charge >= 0.3 is 0 Å². The number of rotatable bonds is 2. The van der Waals surface area contributed by atoms with E-state index in [1.165, 1.54) is 0 Å². The van der Waals surface area contributed by atoms with E-state index in [0.717, 1.165) is 34.1 Å². The molecule has 1 aliphatic rings. The van der Waals surface area contributed by atoms with Gasteiger partial charge in [0.1, 0.15) is 17.4 Å². The van der Waals surface area contributed by atoms with Crippen molar-refractivity contribution in [3.63, 3.8) is 0 Å². The Morgan fingerprint density at radius 2 is 2.38 bits per heavy atom. The van der Waals surface area contributed by atoms with Gasteiger partial charge < -0.3 is 14.4 Å². The van der Waals surface area contributed by atoms with Crippen molar-refractivity contribution in [2.24, 2.45) is 0 Å². The van der Waals surface area contributed by atoms with Crippen molar-refractivity contribution >= 4 is 32.6 Å². The summed E-state index contributed by atoms with van der Waals surface area (Å²) in [4.78, 5) is 9.05. The third kappa shape index (κ3) is 2.06. The molecule has 3 aromatic heterocycles. The first-order valence-electron chi connectivity index (χ1n) is 7.11. The van der Waals surface area contributed by atoms with Crippen molar-refractivity contribution in [3.8, 4) is 0 Å². The van der Waals surface area contributed by atoms with Gasteiger partial charge in [-0.1, -0.05) is 0 Å². The summed E-state index contributed by atoms with van der Waals surface area (Å²) >= 11 is 1.67. The first kappa shape index (κ1) is 13.2. The van der Waals surface area contributed by atoms with E-state index >= 15 is 0 Å². The van der Waals surface area contributed by atoms with Crippen molar-refractivity contribution < 1.29 is 9.84 Å². The largest absolute Gasteiger partial charge is 0.385 e. The number of hydrogen-bond acceptors (Lipinski definition) is 5. The molecule has 1 radical (unpaired) electrons. The molecule has 4 rings (SSSR count). The van der Waals surface area contributed by atoms with Gasteiger partial charge in [0.15, 0.2) is 0 Å². The van der Waals surface area contributed by atoms with Gasteiger partial charge in [-0.25, -0.2) is 4.98 Å². The minimum Gasteiger partial charge on any atom is -0.385 e. The fourth-order valence-corrected chi connectivity index (χ4v) is 3.86. The molecule has 1 aliphatic heterocycles. The van der Waals surface area contributed by atoms with Crippen LogP contribution >= 0.6 is 11.3 Å². The maximum absolute atomic E-state index is 10.1. The number of nitrogens with zero attached hydrogens (tertiary/aromatic N) is 3. The highest BCUT2D eigenvalue weighted by Crippen LogP contribution is 2.35. The minimum absolute atomic E-state index is 0.206. The van der Waals surface area contributed by atoms with Crippen LogP contribution in [-0.4, -0.2) is 26.2 Å². The molecule has 1 N–H and O–H groups in total. The second-order valence-electron chi connectivity index (χ2n) is 5.37. The number of hydrogen-bond donors (Lipinski definition) is 1. The van der Waals surface area contributed by atoms with E-state index in [-0.39, 0.29) is 6.04 Å². The summed E-state index contributed by atoms with van der Waals surface area (Å²) in [6.45, 7) is 4.24. The van der Waals surface area contributed by atoms with Crippen molar-refractivity contribution in [2.75, 3.05) is 6.61 Å². The molecule has 21 heavy (non-hydrogen) atoms. The van der Waals surface area contributed by atoms with Gasteiger partial charge in [-0.05, 0) is 31.2 Å². The Morgan fingerprint density at radius 3 is 3.14 bits per heavy atom. The van der Waals surface area contributed by atoms with Gasteiger partial charge in [0, 0.05) is 0 Å². The van der Waals surface area contributed by atoms with Crippen LogP contribution in [0.15, 0.2) is 17.6 Å². The van der Waals surface area contributed by atoms with E-state index in [0.29, 0.717) is 12.4 Å². The molecule has 1 unspecified atom stereocenters. The molecule has 0 amide bonds. The number of pyridine rings is 1. The van der Waals surface area contributed by atoms with Gasteiger partial charge in [0.2, 0.25) is 0 Å². The normalized spacial score (nSPS) is 21.1. The van der Waals surface area contributed by atoms with Gasteiger partial charge in [-0.2, -0.15) is 0 Å². The Hall–Kier alpha value is -1.50. The van der Waals surface area contributed by atoms with Gasteiger partial charge in [-0.3, -0.25) is 4.98 Å². The zero-order valence-corrected chi connectivity index (χ0v) is 12.5. The van der Waals surface area contributed by atoms with Crippen LogP contribution in [0, 0.1) is 6.61 Å². The predicted molar refractivity (Wildman–Crippen MR) is 82.1 cm³/mol. The third-order valence-corrected chi connectivity index (χ3v) is 4.82. The van der Waals surface area contributed by atoms with Crippen molar-refractivity contribution in [1.82, 2.24) is 14.5 Å². The number of thiophene rings is 1. The summed E-state index contributed by atoms with van der Waals surface area (Å²) in [5, 5.41) is 12.2. The molecule has 0 bridgehead atoms. The van der Waals surface area contributed by atoms with Crippen molar-refractivity contribution in [2.45, 2.75) is 31.9 Å². The monoisotopic (exact) mass is 302 g/mol. The van der Waals surface area contributed by atoms with Crippen LogP contribution in [0.25, 0.3) is 21.3 Å². The zero-order valence-electron chi connectivity index (χ0n) is 11.7. The molecular formula is C15H16N3O2S. The van der Waals surface area contributed by atoms with E-state index in [1.54, 1.807) is 24.5 Å². The summed E-state index contributed by atoms with van der Waals surface area (Å²) in [5.41, 5.74) is 2.89. The highest BCUT2D eigenvalue weighted by molar-refractivity contribution is 7.18. The Morgan fingerprint density at radius 1 is 1.48 bits per heavy atom. The number of fused-ring (bicyclic) bond motifs is 3. The summed E-state index contributed by atoms with van der Waals surface area (Å²) in [7, 11) is 0. The summed E-state index contributed by atoms with van der Waals surface area (Å²) < 4.78 is 8.80. The Kier molecular flexibility index (Phi) is 3.17. The highest BCUT2D eigenvalue weighted by Gasteiger charge is 2.25. The lowest BCUT2D eigenvalue weighted by atomic mass is 10.1. The molecule has 1 saturated heterocycles. The maximum Gasteiger partial charge on any atom is 0.139 e. The fourth-order valence-electron chi connectivity index (χ4n) is 2.97. The third-order valence-electron chi connectivity index (χ3n) is 3.91. The minimum atomic E-state index is -0.613. The van der Waals surface area contributed by atoms with E-state index in [9.17, 15) is 5.11 Å². The summed E-state index contributed by atoms with van der Waals surface area (Å²) in [6, 6.07) is 2.22. The molecule has 4 heterocycles. The topological polar surface area (TPSA) is 60.2 Å². The lowest BCUT2D eigenvalue weighted by Crippen LogP contribution is -2.22. The number of imidazole rings is 1. The molecule has 2 atom stereocenters. The first-order valence-corrected chi connectivity index (χ1v) is 7.99. The molecule has 0 aromatic carbocycles. The molecular weight excluding hydrogens is 286 g/mol. The maximum atomic E-state index is 10.1. The Balaban J connectivity index is 2.03. The molecule has 0 spiro atoms. The number of aliphatic hydroxyl groups is 1. The summed E-state index contributed by atoms with van der Waals surface area (Å²) in [5.74, 6) is 0.697.